The van der Waals surface area contributed by atoms with Crippen molar-refractivity contribution >= 4 is 15.3 Å². The third-order valence-corrected chi connectivity index (χ3v) is 6.85. The molecule has 2 nitrogen and oxygen atoms in total. The van der Waals surface area contributed by atoms with Crippen molar-refractivity contribution in [2.75, 3.05) is 0 Å². The highest BCUT2D eigenvalue weighted by Crippen LogP contribution is 2.27. The van der Waals surface area contributed by atoms with Crippen LogP contribution in [0.4, 0.5) is 0 Å². The minimum atomic E-state index is -2.81. The fraction of sp³-hybridized carbons (Fsp3) is 0. The maximum absolute atomic E-state index is 14.1. The molecule has 142 valence electrons. The summed E-state index contributed by atoms with van der Waals surface area (Å²) in [7, 11) is -2.81. The van der Waals surface area contributed by atoms with Gasteiger partial charge in [0, 0.05) is 11.8 Å². The van der Waals surface area contributed by atoms with Crippen molar-refractivity contribution in [1.82, 2.24) is 0 Å². The first-order valence-electron chi connectivity index (χ1n) is 9.45. The molecule has 0 radical (unpaired) electrons. The molecule has 4 aromatic rings. The van der Waals surface area contributed by atoms with Gasteiger partial charge in [0.15, 0.2) is 0 Å². The number of nitrogens with zero attached hydrogens (tertiary/aromatic N) is 1. The van der Waals surface area contributed by atoms with Gasteiger partial charge in [0.25, 0.3) is 0 Å². The first kappa shape index (κ1) is 18.9. The topological polar surface area (TPSA) is 29.4 Å². The lowest BCUT2D eigenvalue weighted by molar-refractivity contribution is 0.676. The highest BCUT2D eigenvalue weighted by atomic mass is 32.2. The summed E-state index contributed by atoms with van der Waals surface area (Å²) < 4.78 is 18.9. The van der Waals surface area contributed by atoms with E-state index in [2.05, 4.69) is 0 Å². The zero-order valence-electron chi connectivity index (χ0n) is 15.9. The molecule has 0 saturated heterocycles. The zero-order valence-corrected chi connectivity index (χ0v) is 16.7. The number of rotatable bonds is 5. The van der Waals surface area contributed by atoms with Crippen molar-refractivity contribution in [3.05, 3.63) is 139 Å². The average molecular weight is 396 g/mol. The van der Waals surface area contributed by atoms with Gasteiger partial charge in [-0.15, -0.1) is 0 Å². The van der Waals surface area contributed by atoms with Gasteiger partial charge in [-0.05, 0) is 35.4 Å². The van der Waals surface area contributed by atoms with Crippen LogP contribution in [0.25, 0.3) is 5.57 Å². The van der Waals surface area contributed by atoms with E-state index < -0.39 is 9.73 Å². The lowest BCUT2D eigenvalue weighted by atomic mass is 9.99. The number of hydrogen-bond donors (Lipinski definition) is 0. The Bertz CT molecular complexity index is 1120. The molecule has 0 aliphatic carbocycles. The Labute approximate surface area is 172 Å². The summed E-state index contributed by atoms with van der Waals surface area (Å²) in [6, 6.07) is 39.0. The Morgan fingerprint density at radius 2 is 0.897 bits per heavy atom. The lowest BCUT2D eigenvalue weighted by Gasteiger charge is -2.11. The van der Waals surface area contributed by atoms with Crippen LogP contribution in [0.2, 0.25) is 0 Å². The third kappa shape index (κ3) is 4.20. The van der Waals surface area contributed by atoms with E-state index in [9.17, 15) is 4.21 Å². The minimum absolute atomic E-state index is 0.697. The quantitative estimate of drug-likeness (QED) is 0.371. The van der Waals surface area contributed by atoms with Gasteiger partial charge in [-0.2, -0.15) is 4.36 Å². The maximum atomic E-state index is 14.1. The van der Waals surface area contributed by atoms with Crippen molar-refractivity contribution in [2.45, 2.75) is 9.79 Å². The van der Waals surface area contributed by atoms with E-state index in [0.29, 0.717) is 9.79 Å². The Morgan fingerprint density at radius 3 is 1.28 bits per heavy atom. The molecule has 0 fully saturated rings. The van der Waals surface area contributed by atoms with Gasteiger partial charge in [0.1, 0.15) is 9.73 Å². The highest BCUT2D eigenvalue weighted by molar-refractivity contribution is 7.93. The molecule has 4 rings (SSSR count). The molecule has 0 N–H and O–H groups in total. The molecule has 0 bridgehead atoms. The van der Waals surface area contributed by atoms with Gasteiger partial charge in [-0.1, -0.05) is 97.1 Å². The minimum Gasteiger partial charge on any atom is -0.239 e. The van der Waals surface area contributed by atoms with Gasteiger partial charge in [-0.3, -0.25) is 0 Å². The molecule has 0 atom stereocenters. The van der Waals surface area contributed by atoms with Crippen LogP contribution in [0.15, 0.2) is 142 Å². The second-order valence-corrected chi connectivity index (χ2v) is 8.74. The van der Waals surface area contributed by atoms with Crippen LogP contribution in [0.1, 0.15) is 11.1 Å². The third-order valence-electron chi connectivity index (χ3n) is 4.63. The van der Waals surface area contributed by atoms with E-state index in [-0.39, 0.29) is 0 Å². The SMILES string of the molecule is O=S(=NC=C(c1ccccc1)c1ccccc1)(c1ccccc1)c1ccccc1. The second-order valence-electron chi connectivity index (χ2n) is 6.53. The smallest absolute Gasteiger partial charge is 0.108 e. The van der Waals surface area contributed by atoms with Gasteiger partial charge in [0.2, 0.25) is 0 Å². The van der Waals surface area contributed by atoms with Crippen molar-refractivity contribution in [1.29, 1.82) is 0 Å². The standard InChI is InChI=1S/C26H21NOS/c28-29(24-17-9-3-10-18-24,25-19-11-4-12-20-25)27-21-26(22-13-5-1-6-14-22)23-15-7-2-8-16-23/h1-21H. The van der Waals surface area contributed by atoms with Gasteiger partial charge < -0.3 is 0 Å². The van der Waals surface area contributed by atoms with Crippen LogP contribution in [-0.4, -0.2) is 4.21 Å². The molecule has 0 aliphatic heterocycles. The molecule has 0 saturated carbocycles. The average Bonchev–Trinajstić information content (AvgIpc) is 2.81. The van der Waals surface area contributed by atoms with Crippen molar-refractivity contribution in [3.63, 3.8) is 0 Å². The Hall–Kier alpha value is -3.43. The predicted octanol–water partition coefficient (Wildman–Crippen LogP) is 6.66. The summed E-state index contributed by atoms with van der Waals surface area (Å²) in [5.74, 6) is 0. The predicted molar refractivity (Wildman–Crippen MR) is 120 cm³/mol. The first-order chi connectivity index (χ1) is 14.3. The molecule has 0 amide bonds. The summed E-state index contributed by atoms with van der Waals surface area (Å²) >= 11 is 0. The molecule has 0 unspecified atom stereocenters. The summed E-state index contributed by atoms with van der Waals surface area (Å²) in [5, 5.41) is 0. The van der Waals surface area contributed by atoms with Gasteiger partial charge in [0.05, 0.1) is 9.79 Å². The second kappa shape index (κ2) is 8.72. The summed E-state index contributed by atoms with van der Waals surface area (Å²) in [6.07, 6.45) is 1.76. The van der Waals surface area contributed by atoms with Gasteiger partial charge >= 0.3 is 0 Å². The first-order valence-corrected chi connectivity index (χ1v) is 11.0. The molecule has 0 aromatic heterocycles. The normalized spacial score (nSPS) is 10.9. The lowest BCUT2D eigenvalue weighted by Crippen LogP contribution is -2.01. The van der Waals surface area contributed by atoms with Crippen LogP contribution in [0.5, 0.6) is 0 Å². The van der Waals surface area contributed by atoms with Crippen molar-refractivity contribution < 1.29 is 4.21 Å². The van der Waals surface area contributed by atoms with Gasteiger partial charge in [-0.25, -0.2) is 4.21 Å². The van der Waals surface area contributed by atoms with Crippen LogP contribution < -0.4 is 0 Å². The summed E-state index contributed by atoms with van der Waals surface area (Å²) in [5.41, 5.74) is 3.00. The fourth-order valence-electron chi connectivity index (χ4n) is 3.15. The Balaban J connectivity index is 1.95. The maximum Gasteiger partial charge on any atom is 0.108 e. The van der Waals surface area contributed by atoms with E-state index in [1.807, 2.05) is 121 Å². The van der Waals surface area contributed by atoms with Crippen molar-refractivity contribution in [2.24, 2.45) is 4.36 Å². The number of benzene rings is 4. The zero-order chi connectivity index (χ0) is 19.9. The largest absolute Gasteiger partial charge is 0.239 e. The van der Waals surface area contributed by atoms with Crippen LogP contribution in [0, 0.1) is 0 Å². The van der Waals surface area contributed by atoms with E-state index in [1.165, 1.54) is 0 Å². The fourth-order valence-corrected chi connectivity index (χ4v) is 4.97. The Morgan fingerprint density at radius 1 is 0.552 bits per heavy atom. The molecular weight excluding hydrogens is 374 g/mol. The monoisotopic (exact) mass is 395 g/mol. The van der Waals surface area contributed by atoms with E-state index in [0.717, 1.165) is 16.7 Å². The highest BCUT2D eigenvalue weighted by Gasteiger charge is 2.15. The Kier molecular flexibility index (Phi) is 5.68. The molecule has 0 spiro atoms. The molecule has 3 heteroatoms. The van der Waals surface area contributed by atoms with Crippen molar-refractivity contribution in [3.8, 4) is 0 Å². The van der Waals surface area contributed by atoms with Crippen LogP contribution >= 0.6 is 0 Å². The molecule has 0 heterocycles. The number of hydrogen-bond acceptors (Lipinski definition) is 2. The molecule has 0 aliphatic rings. The van der Waals surface area contributed by atoms with Crippen LogP contribution in [-0.2, 0) is 9.73 Å². The molecule has 4 aromatic carbocycles. The molecule has 29 heavy (non-hydrogen) atoms. The summed E-state index contributed by atoms with van der Waals surface area (Å²) in [6.45, 7) is 0. The van der Waals surface area contributed by atoms with E-state index >= 15 is 0 Å². The van der Waals surface area contributed by atoms with E-state index in [1.54, 1.807) is 6.20 Å². The summed E-state index contributed by atoms with van der Waals surface area (Å²) in [4.78, 5) is 1.39. The van der Waals surface area contributed by atoms with Crippen LogP contribution in [0.3, 0.4) is 0 Å². The van der Waals surface area contributed by atoms with E-state index in [4.69, 9.17) is 4.36 Å². The molecular formula is C26H21NOS.